The molecule has 0 aliphatic carbocycles. The Labute approximate surface area is 191 Å². The summed E-state index contributed by atoms with van der Waals surface area (Å²) >= 11 is 0. The third-order valence-electron chi connectivity index (χ3n) is 5.32. The third kappa shape index (κ3) is 6.18. The molecule has 0 N–H and O–H groups in total. The van der Waals surface area contributed by atoms with E-state index in [0.29, 0.717) is 38.4 Å². The van der Waals surface area contributed by atoms with Crippen LogP contribution in [0.2, 0.25) is 0 Å². The van der Waals surface area contributed by atoms with Crippen LogP contribution in [0.25, 0.3) is 0 Å². The maximum atomic E-state index is 12.2. The van der Waals surface area contributed by atoms with Crippen molar-refractivity contribution < 1.29 is 23.7 Å². The van der Waals surface area contributed by atoms with Crippen LogP contribution in [0.5, 0.6) is 0 Å². The highest BCUT2D eigenvalue weighted by Crippen LogP contribution is 2.35. The van der Waals surface area contributed by atoms with Gasteiger partial charge in [0.25, 0.3) is 0 Å². The van der Waals surface area contributed by atoms with Crippen LogP contribution in [0.15, 0.2) is 29.1 Å². The van der Waals surface area contributed by atoms with Gasteiger partial charge in [-0.1, -0.05) is 0 Å². The van der Waals surface area contributed by atoms with Gasteiger partial charge in [-0.25, -0.2) is 9.97 Å². The zero-order valence-corrected chi connectivity index (χ0v) is 18.8. The fourth-order valence-corrected chi connectivity index (χ4v) is 3.74. The Bertz CT molecular complexity index is 966. The summed E-state index contributed by atoms with van der Waals surface area (Å²) in [5.74, 6) is 0.420. The van der Waals surface area contributed by atoms with E-state index >= 15 is 0 Å². The Morgan fingerprint density at radius 1 is 1.27 bits per heavy atom. The average molecular weight is 460 g/mol. The first-order valence-corrected chi connectivity index (χ1v) is 10.8. The van der Waals surface area contributed by atoms with Gasteiger partial charge in [-0.2, -0.15) is 0 Å². The Kier molecular flexibility index (Phi) is 8.17. The van der Waals surface area contributed by atoms with Crippen molar-refractivity contribution in [1.82, 2.24) is 14.9 Å². The summed E-state index contributed by atoms with van der Waals surface area (Å²) in [6.07, 6.45) is 3.48. The van der Waals surface area contributed by atoms with E-state index in [4.69, 9.17) is 9.15 Å². The molecular formula is C21H28N6O6. The molecule has 0 saturated carbocycles. The van der Waals surface area contributed by atoms with Crippen LogP contribution in [0, 0.1) is 10.1 Å². The average Bonchev–Trinajstić information content (AvgIpc) is 3.17. The van der Waals surface area contributed by atoms with Crippen molar-refractivity contribution in [3.8, 4) is 0 Å². The maximum absolute atomic E-state index is 12.2. The Hall–Kier alpha value is -3.70. The van der Waals surface area contributed by atoms with Crippen LogP contribution >= 0.6 is 0 Å². The van der Waals surface area contributed by atoms with Crippen molar-refractivity contribution in [2.75, 3.05) is 49.1 Å². The summed E-state index contributed by atoms with van der Waals surface area (Å²) in [6, 6.07) is 3.47. The largest absolute Gasteiger partial charge is 0.467 e. The van der Waals surface area contributed by atoms with Gasteiger partial charge in [-0.05, 0) is 25.5 Å². The summed E-state index contributed by atoms with van der Waals surface area (Å²) < 4.78 is 10.4. The number of carbonyl (C=O) groups is 2. The summed E-state index contributed by atoms with van der Waals surface area (Å²) in [5, 5.41) is 12.2. The lowest BCUT2D eigenvalue weighted by Crippen LogP contribution is -2.34. The predicted molar refractivity (Wildman–Crippen MR) is 119 cm³/mol. The number of hydrogen-bond donors (Lipinski definition) is 0. The maximum Gasteiger partial charge on any atom is 0.353 e. The quantitative estimate of drug-likeness (QED) is 0.310. The highest BCUT2D eigenvalue weighted by molar-refractivity contribution is 5.74. The van der Waals surface area contributed by atoms with E-state index in [1.165, 1.54) is 19.5 Å². The minimum absolute atomic E-state index is 0.0293. The third-order valence-corrected chi connectivity index (χ3v) is 5.32. The second-order valence-corrected chi connectivity index (χ2v) is 7.53. The number of furan rings is 1. The van der Waals surface area contributed by atoms with Gasteiger partial charge in [0.2, 0.25) is 17.5 Å². The zero-order chi connectivity index (χ0) is 23.8. The number of ether oxygens (including phenoxy) is 1. The number of amides is 1. The van der Waals surface area contributed by atoms with Gasteiger partial charge in [0.1, 0.15) is 12.1 Å². The second kappa shape index (κ2) is 11.2. The first kappa shape index (κ1) is 24.0. The number of hydrogen-bond acceptors (Lipinski definition) is 10. The topological polar surface area (TPSA) is 135 Å². The Morgan fingerprint density at radius 3 is 2.76 bits per heavy atom. The molecule has 1 aliphatic rings. The summed E-state index contributed by atoms with van der Waals surface area (Å²) in [6.45, 7) is 5.77. The molecule has 0 spiro atoms. The molecule has 1 saturated heterocycles. The minimum Gasteiger partial charge on any atom is -0.467 e. The first-order valence-electron chi connectivity index (χ1n) is 10.8. The lowest BCUT2D eigenvalue weighted by atomic mass is 10.3. The fourth-order valence-electron chi connectivity index (χ4n) is 3.74. The lowest BCUT2D eigenvalue weighted by molar-refractivity contribution is -0.383. The van der Waals surface area contributed by atoms with Gasteiger partial charge in [0.05, 0.1) is 30.8 Å². The summed E-state index contributed by atoms with van der Waals surface area (Å²) in [4.78, 5) is 49.0. The molecule has 0 aromatic carbocycles. The van der Waals surface area contributed by atoms with Crippen LogP contribution in [-0.2, 0) is 20.9 Å². The van der Waals surface area contributed by atoms with Crippen LogP contribution in [0.3, 0.4) is 0 Å². The van der Waals surface area contributed by atoms with E-state index in [9.17, 15) is 19.7 Å². The number of aromatic nitrogens is 2. The van der Waals surface area contributed by atoms with E-state index in [0.717, 1.165) is 0 Å². The molecule has 12 nitrogen and oxygen atoms in total. The minimum atomic E-state index is -0.502. The highest BCUT2D eigenvalue weighted by atomic mass is 16.6. The molecule has 1 amide bonds. The van der Waals surface area contributed by atoms with Crippen LogP contribution in [0.4, 0.5) is 17.3 Å². The van der Waals surface area contributed by atoms with Gasteiger partial charge in [0, 0.05) is 39.6 Å². The second-order valence-electron chi connectivity index (χ2n) is 7.53. The molecule has 1 aliphatic heterocycles. The predicted octanol–water partition coefficient (Wildman–Crippen LogP) is 2.00. The van der Waals surface area contributed by atoms with Crippen LogP contribution in [0.1, 0.15) is 32.4 Å². The van der Waals surface area contributed by atoms with E-state index < -0.39 is 10.9 Å². The Morgan fingerprint density at radius 2 is 2.09 bits per heavy atom. The molecule has 0 bridgehead atoms. The highest BCUT2D eigenvalue weighted by Gasteiger charge is 2.31. The van der Waals surface area contributed by atoms with Gasteiger partial charge >= 0.3 is 11.7 Å². The van der Waals surface area contributed by atoms with Crippen LogP contribution < -0.4 is 9.80 Å². The number of anilines is 2. The van der Waals surface area contributed by atoms with Gasteiger partial charge < -0.3 is 23.9 Å². The molecule has 1 fully saturated rings. The van der Waals surface area contributed by atoms with Crippen molar-refractivity contribution in [3.63, 3.8) is 0 Å². The Balaban J connectivity index is 1.93. The number of carbonyl (C=O) groups excluding carboxylic acids is 2. The SMILES string of the molecule is CCOC(=O)CCN(Cc1ccco1)c1ncnc(N2CCCN(C(C)=O)CC2)c1[N+](=O)[O-]. The van der Waals surface area contributed by atoms with Gasteiger partial charge in [-0.3, -0.25) is 19.7 Å². The zero-order valence-electron chi connectivity index (χ0n) is 18.8. The van der Waals surface area contributed by atoms with E-state index in [2.05, 4.69) is 9.97 Å². The molecule has 0 unspecified atom stereocenters. The standard InChI is InChI=1S/C21H28N6O6/c1-3-32-18(29)7-10-26(14-17-6-4-13-33-17)21-19(27(30)31)20(22-15-23-21)25-9-5-8-24(11-12-25)16(2)28/h4,6,13,15H,3,5,7-12,14H2,1-2H3. The number of nitrogens with zero attached hydrogens (tertiary/aromatic N) is 6. The monoisotopic (exact) mass is 460 g/mol. The van der Waals surface area contributed by atoms with Gasteiger partial charge in [-0.15, -0.1) is 0 Å². The molecule has 2 aromatic rings. The number of esters is 1. The molecule has 33 heavy (non-hydrogen) atoms. The summed E-state index contributed by atoms with van der Waals surface area (Å²) in [7, 11) is 0. The number of rotatable bonds is 9. The molecule has 3 heterocycles. The molecule has 0 atom stereocenters. The molecule has 0 radical (unpaired) electrons. The van der Waals surface area contributed by atoms with Crippen molar-refractivity contribution in [2.45, 2.75) is 33.2 Å². The fraction of sp³-hybridized carbons (Fsp3) is 0.524. The first-order chi connectivity index (χ1) is 15.9. The van der Waals surface area contributed by atoms with E-state index in [-0.39, 0.29) is 49.3 Å². The molecule has 3 rings (SSSR count). The van der Waals surface area contributed by atoms with Crippen LogP contribution in [-0.4, -0.2) is 71.0 Å². The van der Waals surface area contributed by atoms with Crippen molar-refractivity contribution in [2.24, 2.45) is 0 Å². The van der Waals surface area contributed by atoms with Crippen molar-refractivity contribution >= 4 is 29.2 Å². The smallest absolute Gasteiger partial charge is 0.353 e. The lowest BCUT2D eigenvalue weighted by Gasteiger charge is -2.25. The summed E-state index contributed by atoms with van der Waals surface area (Å²) in [5.41, 5.74) is -0.246. The normalized spacial score (nSPS) is 14.0. The van der Waals surface area contributed by atoms with Crippen molar-refractivity contribution in [3.05, 3.63) is 40.6 Å². The molecule has 2 aromatic heterocycles. The molecular weight excluding hydrogens is 432 g/mol. The van der Waals surface area contributed by atoms with E-state index in [1.54, 1.807) is 28.9 Å². The molecule has 178 valence electrons. The van der Waals surface area contributed by atoms with E-state index in [1.807, 2.05) is 4.90 Å². The number of nitro groups is 1. The van der Waals surface area contributed by atoms with Gasteiger partial charge in [0.15, 0.2) is 0 Å². The van der Waals surface area contributed by atoms with Crippen molar-refractivity contribution in [1.29, 1.82) is 0 Å². The molecule has 12 heteroatoms.